The molecule has 30 heavy (non-hydrogen) atoms. The van der Waals surface area contributed by atoms with Crippen molar-refractivity contribution in [3.05, 3.63) is 47.0 Å². The highest BCUT2D eigenvalue weighted by Crippen LogP contribution is 2.40. The van der Waals surface area contributed by atoms with E-state index in [1.54, 1.807) is 19.1 Å². The first-order chi connectivity index (χ1) is 14.3. The minimum Gasteiger partial charge on any atom is -0.495 e. The van der Waals surface area contributed by atoms with Crippen LogP contribution in [0.3, 0.4) is 0 Å². The van der Waals surface area contributed by atoms with Gasteiger partial charge in [0.2, 0.25) is 5.91 Å². The van der Waals surface area contributed by atoms with Crippen molar-refractivity contribution in [2.75, 3.05) is 46.3 Å². The number of hydrogen-bond donors (Lipinski definition) is 0. The van der Waals surface area contributed by atoms with Crippen LogP contribution < -0.4 is 14.4 Å². The quantitative estimate of drug-likeness (QED) is 0.542. The Morgan fingerprint density at radius 2 is 1.70 bits per heavy atom. The van der Waals surface area contributed by atoms with Crippen LogP contribution in [0, 0.1) is 13.8 Å². The number of carbonyl (C=O) groups is 1. The monoisotopic (exact) mass is 427 g/mol. The van der Waals surface area contributed by atoms with Crippen LogP contribution in [0.5, 0.6) is 11.5 Å². The van der Waals surface area contributed by atoms with E-state index in [-0.39, 0.29) is 5.91 Å². The lowest BCUT2D eigenvalue weighted by atomic mass is 10.0. The molecule has 6 nitrogen and oxygen atoms in total. The molecule has 0 unspecified atom stereocenters. The molecule has 3 rings (SSSR count). The van der Waals surface area contributed by atoms with E-state index in [9.17, 15) is 4.79 Å². The number of methoxy groups -OCH3 is 2. The molecule has 0 aliphatic carbocycles. The maximum atomic E-state index is 13.3. The Balaban J connectivity index is 1.98. The molecule has 0 fully saturated rings. The molecule has 0 radical (unpaired) electrons. The highest BCUT2D eigenvalue weighted by atomic mass is 32.1. The number of amides is 1. The maximum absolute atomic E-state index is 13.3. The second-order valence-electron chi connectivity index (χ2n) is 7.59. The number of benzene rings is 2. The Kier molecular flexibility index (Phi) is 6.95. The third kappa shape index (κ3) is 4.74. The largest absolute Gasteiger partial charge is 0.495 e. The molecule has 1 amide bonds. The number of rotatable bonds is 8. The van der Waals surface area contributed by atoms with E-state index in [1.165, 1.54) is 22.5 Å². The Hall–Kier alpha value is -2.64. The van der Waals surface area contributed by atoms with Gasteiger partial charge in [-0.3, -0.25) is 9.69 Å². The average molecular weight is 428 g/mol. The number of fused-ring (bicyclic) bond motifs is 1. The number of aromatic nitrogens is 1. The van der Waals surface area contributed by atoms with Crippen molar-refractivity contribution in [1.82, 2.24) is 9.88 Å². The van der Waals surface area contributed by atoms with E-state index in [0.29, 0.717) is 29.4 Å². The first-order valence-electron chi connectivity index (χ1n) is 9.86. The molecule has 0 aliphatic rings. The summed E-state index contributed by atoms with van der Waals surface area (Å²) in [4.78, 5) is 21.9. The van der Waals surface area contributed by atoms with Crippen LogP contribution in [0.2, 0.25) is 0 Å². The summed E-state index contributed by atoms with van der Waals surface area (Å²) in [7, 11) is 7.25. The summed E-state index contributed by atoms with van der Waals surface area (Å²) in [6.07, 6.45) is 0.332. The van der Waals surface area contributed by atoms with Crippen LogP contribution in [0.25, 0.3) is 10.2 Å². The molecule has 1 heterocycles. The zero-order valence-corrected chi connectivity index (χ0v) is 19.3. The summed E-state index contributed by atoms with van der Waals surface area (Å²) in [5.41, 5.74) is 4.13. The molecular weight excluding hydrogens is 398 g/mol. The van der Waals surface area contributed by atoms with Gasteiger partial charge >= 0.3 is 0 Å². The minimum absolute atomic E-state index is 0.0251. The Morgan fingerprint density at radius 3 is 2.33 bits per heavy atom. The van der Waals surface area contributed by atoms with Crippen LogP contribution >= 0.6 is 11.3 Å². The fourth-order valence-electron chi connectivity index (χ4n) is 3.20. The predicted octanol–water partition coefficient (Wildman–Crippen LogP) is 4.07. The number of nitrogens with zero attached hydrogens (tertiary/aromatic N) is 3. The summed E-state index contributed by atoms with van der Waals surface area (Å²) in [5, 5.41) is 0.656. The second-order valence-corrected chi connectivity index (χ2v) is 8.57. The fraction of sp³-hybridized carbons (Fsp3) is 0.391. The summed E-state index contributed by atoms with van der Waals surface area (Å²) in [6, 6.07) is 9.88. The first-order valence-corrected chi connectivity index (χ1v) is 10.7. The van der Waals surface area contributed by atoms with Gasteiger partial charge in [-0.1, -0.05) is 29.5 Å². The molecule has 0 saturated carbocycles. The van der Waals surface area contributed by atoms with Crippen LogP contribution in [-0.4, -0.2) is 57.2 Å². The Bertz CT molecular complexity index is 1000. The minimum atomic E-state index is 0.0251. The number of carbonyl (C=O) groups excluding carboxylic acids is 1. The molecule has 0 saturated heterocycles. The van der Waals surface area contributed by atoms with Gasteiger partial charge in [-0.05, 0) is 56.8 Å². The number of aryl methyl sites for hydroxylation is 2. The number of thiazole rings is 1. The van der Waals surface area contributed by atoms with Crippen LogP contribution in [0.4, 0.5) is 5.13 Å². The lowest BCUT2D eigenvalue weighted by Gasteiger charge is -2.22. The second kappa shape index (κ2) is 9.45. The van der Waals surface area contributed by atoms with Crippen molar-refractivity contribution in [3.63, 3.8) is 0 Å². The van der Waals surface area contributed by atoms with Crippen molar-refractivity contribution in [2.24, 2.45) is 0 Å². The molecule has 0 atom stereocenters. The van der Waals surface area contributed by atoms with Crippen molar-refractivity contribution in [1.29, 1.82) is 0 Å². The van der Waals surface area contributed by atoms with Gasteiger partial charge in [0.15, 0.2) is 5.13 Å². The number of likely N-dealkylation sites (N-methyl/N-ethyl adjacent to an activating group) is 1. The van der Waals surface area contributed by atoms with Gasteiger partial charge in [-0.25, -0.2) is 4.98 Å². The highest BCUT2D eigenvalue weighted by Gasteiger charge is 2.23. The topological polar surface area (TPSA) is 54.9 Å². The number of hydrogen-bond acceptors (Lipinski definition) is 6. The lowest BCUT2D eigenvalue weighted by molar-refractivity contribution is -0.118. The first kappa shape index (κ1) is 22.1. The van der Waals surface area contributed by atoms with Gasteiger partial charge < -0.3 is 14.4 Å². The predicted molar refractivity (Wildman–Crippen MR) is 123 cm³/mol. The summed E-state index contributed by atoms with van der Waals surface area (Å²) < 4.78 is 11.9. The molecule has 0 bridgehead atoms. The molecule has 0 spiro atoms. The van der Waals surface area contributed by atoms with E-state index in [0.717, 1.165) is 22.6 Å². The van der Waals surface area contributed by atoms with Gasteiger partial charge in [0.05, 0.1) is 20.6 Å². The van der Waals surface area contributed by atoms with Gasteiger partial charge in [-0.2, -0.15) is 0 Å². The number of anilines is 1. The van der Waals surface area contributed by atoms with Crippen molar-refractivity contribution in [2.45, 2.75) is 20.3 Å². The van der Waals surface area contributed by atoms with E-state index in [1.807, 2.05) is 32.3 Å². The number of ether oxygens (including phenoxy) is 2. The molecule has 0 N–H and O–H groups in total. The third-order valence-corrected chi connectivity index (χ3v) is 6.22. The van der Waals surface area contributed by atoms with Crippen LogP contribution in [0.15, 0.2) is 30.3 Å². The molecule has 2 aromatic carbocycles. The normalized spacial score (nSPS) is 11.2. The molecule has 1 aromatic heterocycles. The summed E-state index contributed by atoms with van der Waals surface area (Å²) >= 11 is 1.45. The molecule has 160 valence electrons. The SMILES string of the molecule is COc1ccc(OC)c2sc(N(CCN(C)C)C(=O)Cc3ccc(C)c(C)c3)nc12. The third-order valence-electron chi connectivity index (χ3n) is 5.13. The van der Waals surface area contributed by atoms with Crippen LogP contribution in [0.1, 0.15) is 16.7 Å². The molecule has 3 aromatic rings. The molecule has 7 heteroatoms. The smallest absolute Gasteiger partial charge is 0.233 e. The molecule has 0 aliphatic heterocycles. The summed E-state index contributed by atoms with van der Waals surface area (Å²) in [6.45, 7) is 5.44. The molecular formula is C23H29N3O3S. The van der Waals surface area contributed by atoms with E-state index >= 15 is 0 Å². The van der Waals surface area contributed by atoms with Gasteiger partial charge in [-0.15, -0.1) is 0 Å². The van der Waals surface area contributed by atoms with E-state index < -0.39 is 0 Å². The Morgan fingerprint density at radius 1 is 1.00 bits per heavy atom. The van der Waals surface area contributed by atoms with Crippen molar-refractivity contribution in [3.8, 4) is 11.5 Å². The Labute approximate surface area is 182 Å². The summed E-state index contributed by atoms with van der Waals surface area (Å²) in [5.74, 6) is 1.42. The lowest BCUT2D eigenvalue weighted by Crippen LogP contribution is -2.37. The highest BCUT2D eigenvalue weighted by molar-refractivity contribution is 7.22. The van der Waals surface area contributed by atoms with E-state index in [4.69, 9.17) is 14.5 Å². The maximum Gasteiger partial charge on any atom is 0.233 e. The van der Waals surface area contributed by atoms with E-state index in [2.05, 4.69) is 30.9 Å². The fourth-order valence-corrected chi connectivity index (χ4v) is 4.32. The van der Waals surface area contributed by atoms with Gasteiger partial charge in [0, 0.05) is 13.1 Å². The zero-order chi connectivity index (χ0) is 21.8. The zero-order valence-electron chi connectivity index (χ0n) is 18.5. The van der Waals surface area contributed by atoms with Gasteiger partial charge in [0.25, 0.3) is 0 Å². The van der Waals surface area contributed by atoms with Crippen molar-refractivity contribution < 1.29 is 14.3 Å². The van der Waals surface area contributed by atoms with Crippen molar-refractivity contribution >= 4 is 32.6 Å². The standard InChI is InChI=1S/C23H29N3O3S/c1-15-7-8-17(13-16(15)2)14-20(27)26(12-11-25(3)4)23-24-21-18(28-5)9-10-19(29-6)22(21)30-23/h7-10,13H,11-12,14H2,1-6H3. The van der Waals surface area contributed by atoms with Crippen LogP contribution in [-0.2, 0) is 11.2 Å². The average Bonchev–Trinajstić information content (AvgIpc) is 3.15. The van der Waals surface area contributed by atoms with Gasteiger partial charge in [0.1, 0.15) is 21.7 Å².